The van der Waals surface area contributed by atoms with Crippen LogP contribution in [0.3, 0.4) is 0 Å². The number of halogens is 1. The van der Waals surface area contributed by atoms with E-state index in [0.717, 1.165) is 0 Å². The zero-order valence-electron chi connectivity index (χ0n) is 13.0. The summed E-state index contributed by atoms with van der Waals surface area (Å²) in [7, 11) is -0.597. The summed E-state index contributed by atoms with van der Waals surface area (Å²) in [5.74, 6) is -0.336. The van der Waals surface area contributed by atoms with Gasteiger partial charge in [0.2, 0.25) is 5.95 Å². The molecule has 0 bridgehead atoms. The van der Waals surface area contributed by atoms with Crippen LogP contribution in [0, 0.1) is 5.95 Å². The van der Waals surface area contributed by atoms with E-state index in [9.17, 15) is 4.39 Å². The van der Waals surface area contributed by atoms with E-state index in [1.54, 1.807) is 24.5 Å². The van der Waals surface area contributed by atoms with Crippen molar-refractivity contribution < 1.29 is 13.7 Å². The molecule has 2 aromatic heterocycles. The van der Waals surface area contributed by atoms with Crippen LogP contribution in [0.25, 0.3) is 11.4 Å². The normalized spacial score (nSPS) is 19.4. The van der Waals surface area contributed by atoms with Gasteiger partial charge in [-0.05, 0) is 39.8 Å². The molecular formula is C15H17BFN3O2. The zero-order valence-corrected chi connectivity index (χ0v) is 13.0. The van der Waals surface area contributed by atoms with Gasteiger partial charge in [-0.1, -0.05) is 0 Å². The third kappa shape index (κ3) is 2.50. The lowest BCUT2D eigenvalue weighted by molar-refractivity contribution is 0.00578. The van der Waals surface area contributed by atoms with Crippen molar-refractivity contribution in [1.82, 2.24) is 15.0 Å². The van der Waals surface area contributed by atoms with Crippen molar-refractivity contribution in [1.29, 1.82) is 0 Å². The van der Waals surface area contributed by atoms with Gasteiger partial charge in [0.05, 0.1) is 16.8 Å². The van der Waals surface area contributed by atoms with Gasteiger partial charge in [0, 0.05) is 24.1 Å². The molecule has 7 heteroatoms. The Hall–Kier alpha value is -1.86. The molecule has 0 spiro atoms. The first kappa shape index (κ1) is 15.1. The Morgan fingerprint density at radius 3 is 2.18 bits per heavy atom. The van der Waals surface area contributed by atoms with Crippen LogP contribution < -0.4 is 5.46 Å². The molecule has 2 aromatic rings. The third-order valence-electron chi connectivity index (χ3n) is 4.19. The molecule has 3 heterocycles. The average Bonchev–Trinajstić information content (AvgIpc) is 2.69. The maximum Gasteiger partial charge on any atom is 0.496 e. The van der Waals surface area contributed by atoms with E-state index in [1.807, 2.05) is 27.7 Å². The van der Waals surface area contributed by atoms with Crippen molar-refractivity contribution in [2.45, 2.75) is 38.9 Å². The number of rotatable bonds is 2. The van der Waals surface area contributed by atoms with E-state index in [4.69, 9.17) is 9.31 Å². The monoisotopic (exact) mass is 301 g/mol. The van der Waals surface area contributed by atoms with Gasteiger partial charge in [-0.15, -0.1) is 0 Å². The average molecular weight is 301 g/mol. The quantitative estimate of drug-likeness (QED) is 0.627. The predicted octanol–water partition coefficient (Wildman–Crippen LogP) is 1.98. The number of hydrogen-bond acceptors (Lipinski definition) is 5. The zero-order chi connectivity index (χ0) is 16.0. The molecule has 0 unspecified atom stereocenters. The van der Waals surface area contributed by atoms with E-state index >= 15 is 0 Å². The Labute approximate surface area is 129 Å². The maximum absolute atomic E-state index is 14.0. The summed E-state index contributed by atoms with van der Waals surface area (Å²) in [5, 5.41) is 0. The van der Waals surface area contributed by atoms with Gasteiger partial charge in [0.15, 0.2) is 5.82 Å². The summed E-state index contributed by atoms with van der Waals surface area (Å²) in [6, 6.07) is 3.30. The van der Waals surface area contributed by atoms with Crippen molar-refractivity contribution >= 4 is 12.6 Å². The second kappa shape index (κ2) is 5.10. The van der Waals surface area contributed by atoms with E-state index in [1.165, 1.54) is 6.20 Å². The number of aromatic nitrogens is 3. The molecule has 0 aliphatic carbocycles. The first-order valence-electron chi connectivity index (χ1n) is 7.09. The second-order valence-electron chi connectivity index (χ2n) is 6.27. The van der Waals surface area contributed by atoms with E-state index in [2.05, 4.69) is 15.0 Å². The standard InChI is InChI=1S/C15H17BFN3O2/c1-14(2)15(3,4)22-16(21-14)10-8-11(12(17)20-9-10)13-18-6-5-7-19-13/h5-9H,1-4H3. The van der Waals surface area contributed by atoms with Crippen molar-refractivity contribution in [2.75, 3.05) is 0 Å². The predicted molar refractivity (Wildman–Crippen MR) is 80.9 cm³/mol. The topological polar surface area (TPSA) is 57.1 Å². The van der Waals surface area contributed by atoms with Crippen LogP contribution in [0.2, 0.25) is 0 Å². The van der Waals surface area contributed by atoms with Gasteiger partial charge in [0.25, 0.3) is 0 Å². The fraction of sp³-hybridized carbons (Fsp3) is 0.400. The molecule has 0 amide bonds. The fourth-order valence-corrected chi connectivity index (χ4v) is 2.17. The SMILES string of the molecule is CC1(C)OB(c2cnc(F)c(-c3ncccn3)c2)OC1(C)C. The minimum absolute atomic E-state index is 0.229. The summed E-state index contributed by atoms with van der Waals surface area (Å²) in [6.45, 7) is 7.85. The highest BCUT2D eigenvalue weighted by molar-refractivity contribution is 6.62. The Morgan fingerprint density at radius 2 is 1.59 bits per heavy atom. The lowest BCUT2D eigenvalue weighted by Gasteiger charge is -2.32. The van der Waals surface area contributed by atoms with E-state index < -0.39 is 24.3 Å². The maximum atomic E-state index is 14.0. The molecule has 0 atom stereocenters. The van der Waals surface area contributed by atoms with E-state index in [-0.39, 0.29) is 11.4 Å². The Morgan fingerprint density at radius 1 is 1.00 bits per heavy atom. The van der Waals surface area contributed by atoms with Gasteiger partial charge in [-0.2, -0.15) is 4.39 Å². The van der Waals surface area contributed by atoms with Gasteiger partial charge in [-0.25, -0.2) is 15.0 Å². The van der Waals surface area contributed by atoms with Crippen LogP contribution in [0.5, 0.6) is 0 Å². The van der Waals surface area contributed by atoms with Crippen LogP contribution in [0.1, 0.15) is 27.7 Å². The minimum atomic E-state index is -0.619. The summed E-state index contributed by atoms with van der Waals surface area (Å²) in [5.41, 5.74) is -0.0550. The summed E-state index contributed by atoms with van der Waals surface area (Å²) in [4.78, 5) is 11.9. The molecule has 22 heavy (non-hydrogen) atoms. The Balaban J connectivity index is 1.98. The van der Waals surface area contributed by atoms with Crippen molar-refractivity contribution in [3.63, 3.8) is 0 Å². The largest absolute Gasteiger partial charge is 0.496 e. The number of nitrogens with zero attached hydrogens (tertiary/aromatic N) is 3. The van der Waals surface area contributed by atoms with Crippen molar-refractivity contribution in [3.05, 3.63) is 36.7 Å². The molecule has 114 valence electrons. The highest BCUT2D eigenvalue weighted by Crippen LogP contribution is 2.36. The molecule has 1 aliphatic heterocycles. The van der Waals surface area contributed by atoms with Crippen LogP contribution in [-0.4, -0.2) is 33.3 Å². The first-order chi connectivity index (χ1) is 10.3. The van der Waals surface area contributed by atoms with Gasteiger partial charge in [0.1, 0.15) is 0 Å². The molecule has 0 radical (unpaired) electrons. The number of pyridine rings is 1. The fourth-order valence-electron chi connectivity index (χ4n) is 2.17. The molecule has 3 rings (SSSR count). The van der Waals surface area contributed by atoms with Crippen LogP contribution in [0.15, 0.2) is 30.7 Å². The molecule has 1 aliphatic rings. The number of hydrogen-bond donors (Lipinski definition) is 0. The molecule has 1 fully saturated rings. The second-order valence-corrected chi connectivity index (χ2v) is 6.27. The Kier molecular flexibility index (Phi) is 3.49. The van der Waals surface area contributed by atoms with Crippen LogP contribution in [-0.2, 0) is 9.31 Å². The van der Waals surface area contributed by atoms with Crippen LogP contribution in [0.4, 0.5) is 4.39 Å². The third-order valence-corrected chi connectivity index (χ3v) is 4.19. The summed E-state index contributed by atoms with van der Waals surface area (Å²) < 4.78 is 25.9. The highest BCUT2D eigenvalue weighted by Gasteiger charge is 2.51. The lowest BCUT2D eigenvalue weighted by Crippen LogP contribution is -2.41. The molecule has 0 aromatic carbocycles. The summed E-state index contributed by atoms with van der Waals surface area (Å²) in [6.07, 6.45) is 4.54. The smallest absolute Gasteiger partial charge is 0.399 e. The van der Waals surface area contributed by atoms with E-state index in [0.29, 0.717) is 5.46 Å². The molecule has 5 nitrogen and oxygen atoms in total. The van der Waals surface area contributed by atoms with Crippen LogP contribution >= 0.6 is 0 Å². The minimum Gasteiger partial charge on any atom is -0.399 e. The Bertz CT molecular complexity index is 678. The molecular weight excluding hydrogens is 284 g/mol. The first-order valence-corrected chi connectivity index (χ1v) is 7.09. The van der Waals surface area contributed by atoms with Gasteiger partial charge in [-0.3, -0.25) is 0 Å². The van der Waals surface area contributed by atoms with Gasteiger partial charge < -0.3 is 9.31 Å². The lowest BCUT2D eigenvalue weighted by atomic mass is 9.79. The molecule has 0 saturated carbocycles. The molecule has 0 N–H and O–H groups in total. The van der Waals surface area contributed by atoms with Gasteiger partial charge >= 0.3 is 7.12 Å². The molecule has 1 saturated heterocycles. The van der Waals surface area contributed by atoms with Crippen molar-refractivity contribution in [2.24, 2.45) is 0 Å². The summed E-state index contributed by atoms with van der Waals surface area (Å²) >= 11 is 0. The van der Waals surface area contributed by atoms with Crippen molar-refractivity contribution in [3.8, 4) is 11.4 Å². The highest BCUT2D eigenvalue weighted by atomic mass is 19.1.